The third-order valence-electron chi connectivity index (χ3n) is 7.86. The Bertz CT molecular complexity index is 464. The third kappa shape index (κ3) is 17.8. The van der Waals surface area contributed by atoms with Crippen molar-refractivity contribution in [2.24, 2.45) is 5.92 Å². The molecule has 1 fully saturated rings. The quantitative estimate of drug-likeness (QED) is 0.0964. The predicted molar refractivity (Wildman–Crippen MR) is 148 cm³/mol. The van der Waals surface area contributed by atoms with Gasteiger partial charge in [-0.15, -0.1) is 0 Å². The maximum atomic E-state index is 12.0. The minimum Gasteiger partial charge on any atom is -0.462 e. The predicted octanol–water partition coefficient (Wildman–Crippen LogP) is 9.47. The van der Waals surface area contributed by atoms with E-state index in [2.05, 4.69) is 32.8 Å². The highest BCUT2D eigenvalue weighted by molar-refractivity contribution is 5.69. The van der Waals surface area contributed by atoms with Crippen LogP contribution in [0.1, 0.15) is 162 Å². The summed E-state index contributed by atoms with van der Waals surface area (Å²) >= 11 is 0. The number of hydrogen-bond donors (Lipinski definition) is 0. The molecule has 1 saturated carbocycles. The molecule has 3 atom stereocenters. The van der Waals surface area contributed by atoms with Gasteiger partial charge in [0.05, 0.1) is 0 Å². The number of hydrogen-bond acceptors (Lipinski definition) is 3. The van der Waals surface area contributed by atoms with E-state index in [9.17, 15) is 4.79 Å². The van der Waals surface area contributed by atoms with Crippen molar-refractivity contribution in [2.45, 2.75) is 174 Å². The normalized spacial score (nSPS) is 18.4. The maximum Gasteiger partial charge on any atom is 0.306 e. The van der Waals surface area contributed by atoms with E-state index < -0.39 is 0 Å². The molecule has 0 spiro atoms. The van der Waals surface area contributed by atoms with Crippen molar-refractivity contribution in [1.82, 2.24) is 4.90 Å². The van der Waals surface area contributed by atoms with E-state index in [1.165, 1.54) is 128 Å². The molecule has 0 amide bonds. The highest BCUT2D eigenvalue weighted by Gasteiger charge is 2.39. The van der Waals surface area contributed by atoms with Gasteiger partial charge >= 0.3 is 5.97 Å². The second-order valence-electron chi connectivity index (χ2n) is 11.4. The molecular formula is C31H61NO2. The summed E-state index contributed by atoms with van der Waals surface area (Å²) in [5.74, 6) is 0.710. The Hall–Kier alpha value is -0.570. The van der Waals surface area contributed by atoms with Crippen LogP contribution in [0.25, 0.3) is 0 Å². The molecule has 0 aromatic heterocycles. The molecule has 3 nitrogen and oxygen atoms in total. The second-order valence-corrected chi connectivity index (χ2v) is 11.4. The Labute approximate surface area is 214 Å². The summed E-state index contributed by atoms with van der Waals surface area (Å²) in [6.45, 7) is 4.54. The van der Waals surface area contributed by atoms with Crippen LogP contribution >= 0.6 is 0 Å². The molecular weight excluding hydrogens is 418 g/mol. The number of unbranched alkanes of at least 4 members (excludes halogenated alkanes) is 15. The lowest BCUT2D eigenvalue weighted by molar-refractivity contribution is -0.145. The third-order valence-corrected chi connectivity index (χ3v) is 7.86. The standard InChI is InChI=1S/C31H61NO2/c1-5-7-9-11-13-15-20-24-29(32(3)4)25-21-18-17-19-23-28-27-30(28)34-31(33)26-22-16-14-12-10-8-6-2/h28-30H,5-27H2,1-4H3. The van der Waals surface area contributed by atoms with Crippen LogP contribution in [0.3, 0.4) is 0 Å². The van der Waals surface area contributed by atoms with Crippen molar-refractivity contribution in [3.8, 4) is 0 Å². The second kappa shape index (κ2) is 21.7. The van der Waals surface area contributed by atoms with Crippen molar-refractivity contribution in [1.29, 1.82) is 0 Å². The van der Waals surface area contributed by atoms with E-state index in [1.54, 1.807) is 0 Å². The molecule has 0 aromatic carbocycles. The van der Waals surface area contributed by atoms with Gasteiger partial charge in [-0.1, -0.05) is 123 Å². The van der Waals surface area contributed by atoms with Crippen molar-refractivity contribution in [2.75, 3.05) is 14.1 Å². The van der Waals surface area contributed by atoms with Crippen LogP contribution in [0.2, 0.25) is 0 Å². The number of carbonyl (C=O) groups excluding carboxylic acids is 1. The van der Waals surface area contributed by atoms with Gasteiger partial charge in [0.25, 0.3) is 0 Å². The van der Waals surface area contributed by atoms with Crippen LogP contribution < -0.4 is 0 Å². The van der Waals surface area contributed by atoms with Crippen LogP contribution in [0, 0.1) is 5.92 Å². The molecule has 0 bridgehead atoms. The molecule has 0 radical (unpaired) electrons. The van der Waals surface area contributed by atoms with E-state index in [0.717, 1.165) is 18.9 Å². The van der Waals surface area contributed by atoms with Gasteiger partial charge in [-0.2, -0.15) is 0 Å². The highest BCUT2D eigenvalue weighted by atomic mass is 16.5. The van der Waals surface area contributed by atoms with Crippen molar-refractivity contribution in [3.05, 3.63) is 0 Å². The SMILES string of the molecule is CCCCCCCCCC(=O)OC1CC1CCCCCCC(CCCCCCCCC)N(C)C. The molecule has 3 heteroatoms. The lowest BCUT2D eigenvalue weighted by atomic mass is 9.99. The zero-order valence-electron chi connectivity index (χ0n) is 23.8. The van der Waals surface area contributed by atoms with Crippen molar-refractivity contribution < 1.29 is 9.53 Å². The number of nitrogens with zero attached hydrogens (tertiary/aromatic N) is 1. The average molecular weight is 480 g/mol. The minimum atomic E-state index is 0.0525. The van der Waals surface area contributed by atoms with Gasteiger partial charge in [-0.25, -0.2) is 0 Å². The smallest absolute Gasteiger partial charge is 0.306 e. The van der Waals surface area contributed by atoms with Crippen LogP contribution in [-0.2, 0) is 9.53 Å². The summed E-state index contributed by atoms with van der Waals surface area (Å²) in [7, 11) is 4.52. The maximum absolute atomic E-state index is 12.0. The molecule has 34 heavy (non-hydrogen) atoms. The monoisotopic (exact) mass is 479 g/mol. The number of carbonyl (C=O) groups is 1. The van der Waals surface area contributed by atoms with Crippen molar-refractivity contribution >= 4 is 5.97 Å². The summed E-state index contributed by atoms with van der Waals surface area (Å²) in [4.78, 5) is 14.5. The largest absolute Gasteiger partial charge is 0.462 e. The van der Waals surface area contributed by atoms with Crippen LogP contribution in [0.15, 0.2) is 0 Å². The van der Waals surface area contributed by atoms with Gasteiger partial charge in [-0.3, -0.25) is 4.79 Å². The Kier molecular flexibility index (Phi) is 20.1. The molecule has 0 saturated heterocycles. The highest BCUT2D eigenvalue weighted by Crippen LogP contribution is 2.38. The Morgan fingerprint density at radius 1 is 0.706 bits per heavy atom. The summed E-state index contributed by atoms with van der Waals surface area (Å²) < 4.78 is 5.68. The Morgan fingerprint density at radius 2 is 1.18 bits per heavy atom. The molecule has 0 aliphatic heterocycles. The molecule has 3 unspecified atom stereocenters. The van der Waals surface area contributed by atoms with E-state index in [1.807, 2.05) is 0 Å². The van der Waals surface area contributed by atoms with Gasteiger partial charge in [-0.05, 0) is 52.1 Å². The molecule has 1 rings (SSSR count). The first-order valence-electron chi connectivity index (χ1n) is 15.4. The van der Waals surface area contributed by atoms with Gasteiger partial charge in [0, 0.05) is 12.5 Å². The summed E-state index contributed by atoms with van der Waals surface area (Å²) in [5, 5.41) is 0. The van der Waals surface area contributed by atoms with Gasteiger partial charge in [0.2, 0.25) is 0 Å². The first-order valence-corrected chi connectivity index (χ1v) is 15.4. The topological polar surface area (TPSA) is 29.5 Å². The molecule has 1 aliphatic rings. The lowest BCUT2D eigenvalue weighted by Crippen LogP contribution is -2.27. The van der Waals surface area contributed by atoms with Crippen LogP contribution in [-0.4, -0.2) is 37.1 Å². The first-order chi connectivity index (χ1) is 16.6. The fourth-order valence-corrected chi connectivity index (χ4v) is 5.26. The number of ether oxygens (including phenoxy) is 1. The zero-order chi connectivity index (χ0) is 24.9. The van der Waals surface area contributed by atoms with Gasteiger partial charge in [0.15, 0.2) is 0 Å². The summed E-state index contributed by atoms with van der Waals surface area (Å²) in [5.41, 5.74) is 0. The average Bonchev–Trinajstić information content (AvgIpc) is 3.55. The lowest BCUT2D eigenvalue weighted by Gasteiger charge is -2.24. The minimum absolute atomic E-state index is 0.0525. The summed E-state index contributed by atoms with van der Waals surface area (Å²) in [6, 6.07) is 0.763. The summed E-state index contributed by atoms with van der Waals surface area (Å²) in [6.07, 6.45) is 30.0. The van der Waals surface area contributed by atoms with Gasteiger partial charge in [0.1, 0.15) is 6.10 Å². The molecule has 0 N–H and O–H groups in total. The molecule has 0 heterocycles. The van der Waals surface area contributed by atoms with Crippen LogP contribution in [0.4, 0.5) is 0 Å². The fraction of sp³-hybridized carbons (Fsp3) is 0.968. The van der Waals surface area contributed by atoms with E-state index in [4.69, 9.17) is 4.74 Å². The molecule has 0 aromatic rings. The number of esters is 1. The van der Waals surface area contributed by atoms with Crippen LogP contribution in [0.5, 0.6) is 0 Å². The van der Waals surface area contributed by atoms with Crippen molar-refractivity contribution in [3.63, 3.8) is 0 Å². The van der Waals surface area contributed by atoms with E-state index >= 15 is 0 Å². The van der Waals surface area contributed by atoms with E-state index in [-0.39, 0.29) is 12.1 Å². The van der Waals surface area contributed by atoms with Gasteiger partial charge < -0.3 is 9.64 Å². The fourth-order valence-electron chi connectivity index (χ4n) is 5.26. The van der Waals surface area contributed by atoms with E-state index in [0.29, 0.717) is 12.3 Å². The number of rotatable bonds is 25. The Morgan fingerprint density at radius 3 is 1.71 bits per heavy atom. The molecule has 202 valence electrons. The first kappa shape index (κ1) is 31.5. The Balaban J connectivity index is 1.93. The zero-order valence-corrected chi connectivity index (χ0v) is 23.8. The molecule has 1 aliphatic carbocycles.